The molecule has 0 fully saturated rings. The molecule has 61 heavy (non-hydrogen) atoms. The molecule has 4 heteroatoms. The van der Waals surface area contributed by atoms with Gasteiger partial charge in [-0.15, -0.1) is 11.3 Å². The van der Waals surface area contributed by atoms with Gasteiger partial charge < -0.3 is 0 Å². The minimum atomic E-state index is 0.625. The van der Waals surface area contributed by atoms with Gasteiger partial charge in [0.1, 0.15) is 0 Å². The van der Waals surface area contributed by atoms with Crippen LogP contribution in [0.5, 0.6) is 0 Å². The average molecular weight is 794 g/mol. The maximum absolute atomic E-state index is 5.31. The summed E-state index contributed by atoms with van der Waals surface area (Å²) < 4.78 is 2.53. The van der Waals surface area contributed by atoms with Crippen molar-refractivity contribution in [1.82, 2.24) is 15.0 Å². The smallest absolute Gasteiger partial charge is 0.164 e. The number of rotatable bonds is 6. The van der Waals surface area contributed by atoms with E-state index in [1.54, 1.807) is 0 Å². The highest BCUT2D eigenvalue weighted by atomic mass is 32.1. The van der Waals surface area contributed by atoms with Crippen molar-refractivity contribution in [2.24, 2.45) is 0 Å². The number of thiophene rings is 1. The summed E-state index contributed by atoms with van der Waals surface area (Å²) in [7, 11) is 0. The summed E-state index contributed by atoms with van der Waals surface area (Å²) in [5.41, 5.74) is 9.70. The van der Waals surface area contributed by atoms with Gasteiger partial charge in [-0.1, -0.05) is 194 Å². The van der Waals surface area contributed by atoms with Crippen molar-refractivity contribution in [2.45, 2.75) is 0 Å². The molecule has 0 saturated carbocycles. The summed E-state index contributed by atoms with van der Waals surface area (Å²) >= 11 is 1.83. The normalized spacial score (nSPS) is 11.6. The van der Waals surface area contributed by atoms with E-state index in [0.29, 0.717) is 17.5 Å². The topological polar surface area (TPSA) is 38.7 Å². The Kier molecular flexibility index (Phi) is 8.36. The molecule has 2 aromatic heterocycles. The molecule has 0 N–H and O–H groups in total. The zero-order chi connectivity index (χ0) is 40.3. The highest BCUT2D eigenvalue weighted by Crippen LogP contribution is 2.43. The molecular weight excluding hydrogens is 759 g/mol. The van der Waals surface area contributed by atoms with Gasteiger partial charge in [0, 0.05) is 42.4 Å². The molecule has 12 aromatic rings. The van der Waals surface area contributed by atoms with Gasteiger partial charge in [-0.25, -0.2) is 15.0 Å². The summed E-state index contributed by atoms with van der Waals surface area (Å²) in [6.07, 6.45) is 0. The lowest BCUT2D eigenvalue weighted by molar-refractivity contribution is 1.07. The Morgan fingerprint density at radius 2 is 0.869 bits per heavy atom. The highest BCUT2D eigenvalue weighted by molar-refractivity contribution is 7.26. The molecule has 0 aliphatic heterocycles. The van der Waals surface area contributed by atoms with Crippen LogP contribution in [0.1, 0.15) is 0 Å². The van der Waals surface area contributed by atoms with Crippen LogP contribution in [0.4, 0.5) is 0 Å². The van der Waals surface area contributed by atoms with Crippen molar-refractivity contribution in [3.05, 3.63) is 212 Å². The fourth-order valence-corrected chi connectivity index (χ4v) is 10.2. The molecule has 12 rings (SSSR count). The molecule has 0 unspecified atom stereocenters. The lowest BCUT2D eigenvalue weighted by Gasteiger charge is -2.15. The maximum atomic E-state index is 5.31. The molecule has 0 bridgehead atoms. The first-order valence-electron chi connectivity index (χ1n) is 20.6. The van der Waals surface area contributed by atoms with Gasteiger partial charge >= 0.3 is 0 Å². The molecular formula is C57H35N3S. The summed E-state index contributed by atoms with van der Waals surface area (Å²) in [6, 6.07) is 75.8. The second-order valence-corrected chi connectivity index (χ2v) is 16.6. The second-order valence-electron chi connectivity index (χ2n) is 15.5. The van der Waals surface area contributed by atoms with Crippen LogP contribution in [-0.4, -0.2) is 15.0 Å². The van der Waals surface area contributed by atoms with Gasteiger partial charge in [0.05, 0.1) is 0 Å². The Balaban J connectivity index is 1.04. The van der Waals surface area contributed by atoms with Gasteiger partial charge in [-0.3, -0.25) is 0 Å². The number of hydrogen-bond acceptors (Lipinski definition) is 4. The second kappa shape index (κ2) is 14.5. The fourth-order valence-electron chi connectivity index (χ4n) is 9.01. The molecule has 0 amide bonds. The molecule has 2 heterocycles. The first-order chi connectivity index (χ1) is 30.2. The van der Waals surface area contributed by atoms with Crippen molar-refractivity contribution in [3.8, 4) is 67.5 Å². The van der Waals surface area contributed by atoms with Crippen LogP contribution in [0, 0.1) is 0 Å². The zero-order valence-corrected chi connectivity index (χ0v) is 33.8. The van der Waals surface area contributed by atoms with E-state index in [4.69, 9.17) is 15.0 Å². The lowest BCUT2D eigenvalue weighted by Crippen LogP contribution is -2.01. The molecule has 284 valence electrons. The van der Waals surface area contributed by atoms with Crippen LogP contribution in [0.25, 0.3) is 120 Å². The Hall–Kier alpha value is -7.79. The quantitative estimate of drug-likeness (QED) is 0.124. The average Bonchev–Trinajstić information content (AvgIpc) is 3.73. The monoisotopic (exact) mass is 793 g/mol. The summed E-state index contributed by atoms with van der Waals surface area (Å²) in [4.78, 5) is 15.8. The van der Waals surface area contributed by atoms with Crippen LogP contribution < -0.4 is 0 Å². The van der Waals surface area contributed by atoms with Crippen molar-refractivity contribution in [2.75, 3.05) is 0 Å². The van der Waals surface area contributed by atoms with Gasteiger partial charge in [0.25, 0.3) is 0 Å². The van der Waals surface area contributed by atoms with Crippen LogP contribution in [0.15, 0.2) is 212 Å². The van der Waals surface area contributed by atoms with Crippen molar-refractivity contribution in [1.29, 1.82) is 0 Å². The number of aromatic nitrogens is 3. The van der Waals surface area contributed by atoms with Gasteiger partial charge in [0.15, 0.2) is 17.5 Å². The Labute approximate surface area is 356 Å². The van der Waals surface area contributed by atoms with Crippen molar-refractivity contribution in [3.63, 3.8) is 0 Å². The van der Waals surface area contributed by atoms with E-state index >= 15 is 0 Å². The third kappa shape index (κ3) is 6.07. The molecule has 0 atom stereocenters. The van der Waals surface area contributed by atoms with Crippen molar-refractivity contribution < 1.29 is 0 Å². The van der Waals surface area contributed by atoms with Crippen LogP contribution in [0.2, 0.25) is 0 Å². The minimum Gasteiger partial charge on any atom is -0.208 e. The zero-order valence-electron chi connectivity index (χ0n) is 33.0. The lowest BCUT2D eigenvalue weighted by atomic mass is 9.89. The number of benzene rings is 10. The van der Waals surface area contributed by atoms with Crippen molar-refractivity contribution >= 4 is 63.8 Å². The minimum absolute atomic E-state index is 0.625. The molecule has 10 aromatic carbocycles. The maximum Gasteiger partial charge on any atom is 0.164 e. The van der Waals surface area contributed by atoms with E-state index in [1.807, 2.05) is 17.4 Å². The van der Waals surface area contributed by atoms with Gasteiger partial charge in [0.2, 0.25) is 0 Å². The van der Waals surface area contributed by atoms with Crippen LogP contribution in [-0.2, 0) is 0 Å². The third-order valence-corrected chi connectivity index (χ3v) is 13.1. The summed E-state index contributed by atoms with van der Waals surface area (Å²) in [6.45, 7) is 0. The van der Waals surface area contributed by atoms with E-state index in [2.05, 4.69) is 206 Å². The largest absolute Gasteiger partial charge is 0.208 e. The van der Waals surface area contributed by atoms with E-state index in [0.717, 1.165) is 38.9 Å². The summed E-state index contributed by atoms with van der Waals surface area (Å²) in [5.74, 6) is 1.89. The first-order valence-corrected chi connectivity index (χ1v) is 21.4. The summed E-state index contributed by atoms with van der Waals surface area (Å²) in [5, 5.41) is 9.97. The highest BCUT2D eigenvalue weighted by Gasteiger charge is 2.19. The molecule has 0 aliphatic carbocycles. The fraction of sp³-hybridized carbons (Fsp3) is 0. The molecule has 0 spiro atoms. The molecule has 0 aliphatic rings. The Morgan fingerprint density at radius 3 is 1.72 bits per heavy atom. The third-order valence-electron chi connectivity index (χ3n) is 11.9. The Morgan fingerprint density at radius 1 is 0.279 bits per heavy atom. The van der Waals surface area contributed by atoms with E-state index in [1.165, 1.54) is 63.6 Å². The number of fused-ring (bicyclic) bond motifs is 7. The SMILES string of the molecule is c1ccc(-c2cccc(-c3nc(-c4ccc(-c5c6ccccc6cc6c5ccc5ccccc56)cc4)nc(-c4ccccc4-c4cccc5c4sc4ccccc45)n3)c2)cc1. The standard InChI is InChI=1S/C57H35N3S/c1-2-14-36(15-3-1)40-18-12-19-42(34-40)56-58-55(59-57(60-56)50-24-9-8-22-45(50)48-25-13-26-49-46-23-10-11-27-52(46)61-54(48)49)39-30-28-38(29-31-39)53-44-21-7-5-17-41(44)35-51-43-20-6-4-16-37(43)32-33-47(51)53/h1-35H. The van der Waals surface area contributed by atoms with E-state index < -0.39 is 0 Å². The number of hydrogen-bond donors (Lipinski definition) is 0. The Bertz CT molecular complexity index is 3650. The molecule has 0 saturated heterocycles. The van der Waals surface area contributed by atoms with E-state index in [9.17, 15) is 0 Å². The van der Waals surface area contributed by atoms with Crippen LogP contribution >= 0.6 is 11.3 Å². The molecule has 3 nitrogen and oxygen atoms in total. The van der Waals surface area contributed by atoms with Gasteiger partial charge in [-0.2, -0.15) is 0 Å². The predicted octanol–water partition coefficient (Wildman–Crippen LogP) is 15.7. The predicted molar refractivity (Wildman–Crippen MR) is 258 cm³/mol. The van der Waals surface area contributed by atoms with Crippen LogP contribution in [0.3, 0.4) is 0 Å². The number of nitrogens with zero attached hydrogens (tertiary/aromatic N) is 3. The van der Waals surface area contributed by atoms with E-state index in [-0.39, 0.29) is 0 Å². The molecule has 0 radical (unpaired) electrons. The van der Waals surface area contributed by atoms with Gasteiger partial charge in [-0.05, 0) is 78.3 Å². The first kappa shape index (κ1) is 35.2.